The van der Waals surface area contributed by atoms with E-state index in [0.29, 0.717) is 5.03 Å². The number of carboxylic acid groups (broad SMARTS) is 1. The van der Waals surface area contributed by atoms with Crippen molar-refractivity contribution in [3.8, 4) is 0 Å². The van der Waals surface area contributed by atoms with Crippen LogP contribution in [-0.4, -0.2) is 21.0 Å². The van der Waals surface area contributed by atoms with Gasteiger partial charge in [0.1, 0.15) is 10.1 Å². The molecule has 1 N–H and O–H groups in total. The molecule has 0 radical (unpaired) electrons. The molecule has 3 aromatic rings. The van der Waals surface area contributed by atoms with E-state index in [1.807, 2.05) is 42.5 Å². The number of nitrogens with zero attached hydrogens (tertiary/aromatic N) is 2. The maximum atomic E-state index is 11.4. The number of benzene rings is 1. The van der Waals surface area contributed by atoms with Crippen LogP contribution in [0.25, 0.3) is 10.9 Å². The van der Waals surface area contributed by atoms with Gasteiger partial charge in [-0.05, 0) is 36.0 Å². The van der Waals surface area contributed by atoms with E-state index in [-0.39, 0.29) is 5.56 Å². The van der Waals surface area contributed by atoms with E-state index >= 15 is 0 Å². The number of aromatic nitrogens is 2. The van der Waals surface area contributed by atoms with Gasteiger partial charge in [-0.3, -0.25) is 0 Å². The molecular weight excluding hydrogens is 272 g/mol. The first kappa shape index (κ1) is 12.6. The predicted octanol–water partition coefficient (Wildman–Crippen LogP) is 3.48. The molecule has 20 heavy (non-hydrogen) atoms. The number of aromatic carboxylic acids is 1. The van der Waals surface area contributed by atoms with E-state index in [4.69, 9.17) is 0 Å². The Morgan fingerprint density at radius 3 is 2.65 bits per heavy atom. The highest BCUT2D eigenvalue weighted by molar-refractivity contribution is 7.99. The minimum absolute atomic E-state index is 0.194. The van der Waals surface area contributed by atoms with Gasteiger partial charge in [-0.1, -0.05) is 24.3 Å². The number of fused-ring (bicyclic) bond motifs is 1. The van der Waals surface area contributed by atoms with Crippen LogP contribution in [0.5, 0.6) is 0 Å². The quantitative estimate of drug-likeness (QED) is 0.796. The van der Waals surface area contributed by atoms with Crippen molar-refractivity contribution < 1.29 is 9.90 Å². The molecule has 2 aromatic heterocycles. The highest BCUT2D eigenvalue weighted by Gasteiger charge is 2.14. The third-order valence-corrected chi connectivity index (χ3v) is 3.71. The minimum atomic E-state index is -0.985. The summed E-state index contributed by atoms with van der Waals surface area (Å²) in [6, 6.07) is 14.6. The second kappa shape index (κ2) is 5.30. The summed E-state index contributed by atoms with van der Waals surface area (Å²) in [6.45, 7) is 0. The summed E-state index contributed by atoms with van der Waals surface area (Å²) in [4.78, 5) is 20.0. The summed E-state index contributed by atoms with van der Waals surface area (Å²) < 4.78 is 0. The zero-order valence-electron chi connectivity index (χ0n) is 10.4. The largest absolute Gasteiger partial charge is 0.478 e. The summed E-state index contributed by atoms with van der Waals surface area (Å²) in [5.41, 5.74) is 0.968. The molecule has 98 valence electrons. The molecule has 1 aromatic carbocycles. The zero-order chi connectivity index (χ0) is 13.9. The third-order valence-electron chi connectivity index (χ3n) is 2.76. The lowest BCUT2D eigenvalue weighted by atomic mass is 10.1. The van der Waals surface area contributed by atoms with Gasteiger partial charge in [0.15, 0.2) is 0 Å². The molecule has 0 bridgehead atoms. The van der Waals surface area contributed by atoms with Crippen molar-refractivity contribution in [2.75, 3.05) is 0 Å². The molecule has 0 aliphatic carbocycles. The first-order valence-electron chi connectivity index (χ1n) is 5.96. The van der Waals surface area contributed by atoms with Crippen LogP contribution in [0.3, 0.4) is 0 Å². The van der Waals surface area contributed by atoms with Crippen LogP contribution >= 0.6 is 11.8 Å². The summed E-state index contributed by atoms with van der Waals surface area (Å²) in [5, 5.41) is 11.3. The number of carbonyl (C=O) groups is 1. The fraction of sp³-hybridized carbons (Fsp3) is 0. The molecule has 0 fully saturated rings. The van der Waals surface area contributed by atoms with E-state index in [1.165, 1.54) is 11.8 Å². The Morgan fingerprint density at radius 2 is 1.90 bits per heavy atom. The van der Waals surface area contributed by atoms with E-state index in [1.54, 1.807) is 12.3 Å². The molecule has 0 saturated heterocycles. The third kappa shape index (κ3) is 2.48. The Kier molecular flexibility index (Phi) is 3.35. The molecule has 0 amide bonds. The molecule has 5 heteroatoms. The average molecular weight is 282 g/mol. The first-order valence-corrected chi connectivity index (χ1v) is 6.77. The second-order valence-corrected chi connectivity index (χ2v) is 5.12. The van der Waals surface area contributed by atoms with Crippen molar-refractivity contribution in [3.63, 3.8) is 0 Å². The van der Waals surface area contributed by atoms with Crippen molar-refractivity contribution in [1.29, 1.82) is 0 Å². The SMILES string of the molecule is O=C(O)c1cc2ccccc2nc1Sc1ccccn1. The van der Waals surface area contributed by atoms with Gasteiger partial charge in [-0.25, -0.2) is 14.8 Å². The fourth-order valence-electron chi connectivity index (χ4n) is 1.84. The summed E-state index contributed by atoms with van der Waals surface area (Å²) >= 11 is 1.25. The van der Waals surface area contributed by atoms with Crippen molar-refractivity contribution in [2.24, 2.45) is 0 Å². The monoisotopic (exact) mass is 282 g/mol. The fourth-order valence-corrected chi connectivity index (χ4v) is 2.69. The standard InChI is InChI=1S/C15H10N2O2S/c18-15(19)11-9-10-5-1-2-6-12(10)17-14(11)20-13-7-3-4-8-16-13/h1-9H,(H,18,19). The van der Waals surface area contributed by atoms with E-state index in [0.717, 1.165) is 15.9 Å². The van der Waals surface area contributed by atoms with Crippen molar-refractivity contribution in [3.05, 3.63) is 60.3 Å². The van der Waals surface area contributed by atoms with Gasteiger partial charge in [0.05, 0.1) is 11.1 Å². The van der Waals surface area contributed by atoms with Gasteiger partial charge in [-0.2, -0.15) is 0 Å². The Hall–Kier alpha value is -2.40. The smallest absolute Gasteiger partial charge is 0.338 e. The van der Waals surface area contributed by atoms with Crippen LogP contribution in [-0.2, 0) is 0 Å². The molecule has 0 aliphatic rings. The normalized spacial score (nSPS) is 10.6. The Morgan fingerprint density at radius 1 is 1.10 bits per heavy atom. The number of hydrogen-bond donors (Lipinski definition) is 1. The zero-order valence-corrected chi connectivity index (χ0v) is 11.2. The Bertz CT molecular complexity index is 775. The summed E-state index contributed by atoms with van der Waals surface area (Å²) in [5.74, 6) is -0.985. The highest BCUT2D eigenvalue weighted by atomic mass is 32.2. The first-order chi connectivity index (χ1) is 9.74. The lowest BCUT2D eigenvalue weighted by Crippen LogP contribution is -2.01. The molecule has 0 unspecified atom stereocenters. The Labute approximate surface area is 119 Å². The number of pyridine rings is 2. The predicted molar refractivity (Wildman–Crippen MR) is 77.1 cm³/mol. The topological polar surface area (TPSA) is 63.1 Å². The van der Waals surface area contributed by atoms with Crippen LogP contribution in [0, 0.1) is 0 Å². The number of carboxylic acids is 1. The van der Waals surface area contributed by atoms with Crippen LogP contribution in [0.4, 0.5) is 0 Å². The van der Waals surface area contributed by atoms with Gasteiger partial charge in [0.25, 0.3) is 0 Å². The molecule has 0 spiro atoms. The summed E-state index contributed by atoms with van der Waals surface area (Å²) in [7, 11) is 0. The number of hydrogen-bond acceptors (Lipinski definition) is 4. The van der Waals surface area contributed by atoms with Gasteiger partial charge >= 0.3 is 5.97 Å². The van der Waals surface area contributed by atoms with Gasteiger partial charge in [-0.15, -0.1) is 0 Å². The molecule has 0 aliphatic heterocycles. The molecule has 4 nitrogen and oxygen atoms in total. The second-order valence-electron chi connectivity index (χ2n) is 4.11. The molecule has 0 saturated carbocycles. The van der Waals surface area contributed by atoms with Crippen LogP contribution in [0.1, 0.15) is 10.4 Å². The van der Waals surface area contributed by atoms with Crippen molar-refractivity contribution >= 4 is 28.6 Å². The maximum absolute atomic E-state index is 11.4. The molecular formula is C15H10N2O2S. The molecule has 2 heterocycles. The van der Waals surface area contributed by atoms with Crippen molar-refractivity contribution in [1.82, 2.24) is 9.97 Å². The van der Waals surface area contributed by atoms with E-state index in [2.05, 4.69) is 9.97 Å². The van der Waals surface area contributed by atoms with Crippen LogP contribution in [0.15, 0.2) is 64.8 Å². The number of rotatable bonds is 3. The average Bonchev–Trinajstić information content (AvgIpc) is 2.47. The number of para-hydroxylation sites is 1. The van der Waals surface area contributed by atoms with Crippen LogP contribution in [0.2, 0.25) is 0 Å². The molecule has 3 rings (SSSR count). The van der Waals surface area contributed by atoms with Gasteiger partial charge in [0.2, 0.25) is 0 Å². The van der Waals surface area contributed by atoms with Gasteiger partial charge in [0, 0.05) is 11.6 Å². The highest BCUT2D eigenvalue weighted by Crippen LogP contribution is 2.29. The minimum Gasteiger partial charge on any atom is -0.478 e. The lowest BCUT2D eigenvalue weighted by Gasteiger charge is -2.06. The van der Waals surface area contributed by atoms with E-state index in [9.17, 15) is 9.90 Å². The Balaban J connectivity index is 2.12. The maximum Gasteiger partial charge on any atom is 0.338 e. The summed E-state index contributed by atoms with van der Waals surface area (Å²) in [6.07, 6.45) is 1.67. The van der Waals surface area contributed by atoms with Crippen LogP contribution < -0.4 is 0 Å². The van der Waals surface area contributed by atoms with Crippen molar-refractivity contribution in [2.45, 2.75) is 10.1 Å². The lowest BCUT2D eigenvalue weighted by molar-refractivity contribution is 0.0692. The molecule has 0 atom stereocenters. The van der Waals surface area contributed by atoms with Gasteiger partial charge < -0.3 is 5.11 Å². The van der Waals surface area contributed by atoms with E-state index < -0.39 is 5.97 Å².